The summed E-state index contributed by atoms with van der Waals surface area (Å²) < 4.78 is 11.5. The standard InChI is InChI=1S/C15H19N5O3/c16-15-19-13(17-5-6-21)7-14(20-15)18-8-10-9-22-11-3-1-2-4-12(11)23-10/h1-4,7,10,21H,5-6,8-9H2,(H4,16,17,18,19,20). The lowest BCUT2D eigenvalue weighted by Crippen LogP contribution is -2.35. The Labute approximate surface area is 133 Å². The second kappa shape index (κ2) is 7.01. The summed E-state index contributed by atoms with van der Waals surface area (Å²) in [6.45, 7) is 1.38. The number of fused-ring (bicyclic) bond motifs is 1. The Morgan fingerprint density at radius 1 is 1.17 bits per heavy atom. The lowest BCUT2D eigenvalue weighted by atomic mass is 10.2. The predicted molar refractivity (Wildman–Crippen MR) is 86.9 cm³/mol. The highest BCUT2D eigenvalue weighted by molar-refractivity contribution is 5.51. The molecule has 2 aromatic rings. The molecule has 0 bridgehead atoms. The first-order valence-electron chi connectivity index (χ1n) is 7.36. The van der Waals surface area contributed by atoms with Crippen LogP contribution < -0.4 is 25.8 Å². The molecule has 0 spiro atoms. The summed E-state index contributed by atoms with van der Waals surface area (Å²) in [7, 11) is 0. The number of benzene rings is 1. The van der Waals surface area contributed by atoms with E-state index in [9.17, 15) is 0 Å². The zero-order valence-corrected chi connectivity index (χ0v) is 12.5. The van der Waals surface area contributed by atoms with Crippen LogP contribution in [-0.4, -0.2) is 47.5 Å². The molecule has 0 radical (unpaired) electrons. The van der Waals surface area contributed by atoms with Crippen molar-refractivity contribution in [3.63, 3.8) is 0 Å². The van der Waals surface area contributed by atoms with Crippen LogP contribution in [0.3, 0.4) is 0 Å². The van der Waals surface area contributed by atoms with Gasteiger partial charge in [-0.25, -0.2) is 0 Å². The lowest BCUT2D eigenvalue weighted by Gasteiger charge is -2.26. The van der Waals surface area contributed by atoms with Gasteiger partial charge >= 0.3 is 0 Å². The van der Waals surface area contributed by atoms with Gasteiger partial charge in [-0.3, -0.25) is 0 Å². The van der Waals surface area contributed by atoms with Gasteiger partial charge in [0.25, 0.3) is 0 Å². The third kappa shape index (κ3) is 3.92. The van der Waals surface area contributed by atoms with Gasteiger partial charge in [0.05, 0.1) is 13.2 Å². The minimum atomic E-state index is -0.130. The lowest BCUT2D eigenvalue weighted by molar-refractivity contribution is 0.0997. The van der Waals surface area contributed by atoms with Gasteiger partial charge in [-0.1, -0.05) is 12.1 Å². The van der Waals surface area contributed by atoms with Crippen molar-refractivity contribution in [3.05, 3.63) is 30.3 Å². The molecule has 1 unspecified atom stereocenters. The van der Waals surface area contributed by atoms with Gasteiger partial charge < -0.3 is 30.9 Å². The second-order valence-corrected chi connectivity index (χ2v) is 5.03. The van der Waals surface area contributed by atoms with Crippen molar-refractivity contribution >= 4 is 17.6 Å². The van der Waals surface area contributed by atoms with Crippen molar-refractivity contribution in [1.29, 1.82) is 0 Å². The average Bonchev–Trinajstić information content (AvgIpc) is 2.57. The molecule has 0 amide bonds. The quantitative estimate of drug-likeness (QED) is 0.616. The molecule has 122 valence electrons. The first-order chi connectivity index (χ1) is 11.2. The van der Waals surface area contributed by atoms with E-state index in [2.05, 4.69) is 20.6 Å². The molecule has 23 heavy (non-hydrogen) atoms. The smallest absolute Gasteiger partial charge is 0.223 e. The van der Waals surface area contributed by atoms with Gasteiger partial charge in [-0.2, -0.15) is 9.97 Å². The maximum absolute atomic E-state index is 8.84. The Balaban J connectivity index is 1.59. The highest BCUT2D eigenvalue weighted by Crippen LogP contribution is 2.30. The number of ether oxygens (including phenoxy) is 2. The Kier molecular flexibility index (Phi) is 4.62. The van der Waals surface area contributed by atoms with Gasteiger partial charge in [0, 0.05) is 12.6 Å². The van der Waals surface area contributed by atoms with Crippen molar-refractivity contribution in [2.45, 2.75) is 6.10 Å². The van der Waals surface area contributed by atoms with Crippen LogP contribution in [0.2, 0.25) is 0 Å². The Bertz CT molecular complexity index is 667. The van der Waals surface area contributed by atoms with Gasteiger partial charge in [0.1, 0.15) is 24.3 Å². The minimum absolute atomic E-state index is 0.0132. The molecule has 3 rings (SSSR count). The topological polar surface area (TPSA) is 115 Å². The van der Waals surface area contributed by atoms with Crippen LogP contribution in [0.5, 0.6) is 11.5 Å². The molecule has 1 aliphatic heterocycles. The summed E-state index contributed by atoms with van der Waals surface area (Å²) in [5.74, 6) is 2.78. The number of anilines is 3. The van der Waals surface area contributed by atoms with Crippen molar-refractivity contribution in [1.82, 2.24) is 9.97 Å². The van der Waals surface area contributed by atoms with Crippen LogP contribution in [0.15, 0.2) is 30.3 Å². The van der Waals surface area contributed by atoms with Crippen molar-refractivity contribution < 1.29 is 14.6 Å². The van der Waals surface area contributed by atoms with E-state index in [0.717, 1.165) is 11.5 Å². The number of rotatable bonds is 6. The number of para-hydroxylation sites is 2. The summed E-state index contributed by atoms with van der Waals surface area (Å²) in [5, 5.41) is 15.0. The first-order valence-corrected chi connectivity index (χ1v) is 7.36. The molecule has 8 heteroatoms. The number of nitrogens with zero attached hydrogens (tertiary/aromatic N) is 2. The molecule has 8 nitrogen and oxygen atoms in total. The van der Waals surface area contributed by atoms with E-state index in [0.29, 0.717) is 31.3 Å². The van der Waals surface area contributed by atoms with Crippen LogP contribution in [-0.2, 0) is 0 Å². The summed E-state index contributed by atoms with van der Waals surface area (Å²) >= 11 is 0. The highest BCUT2D eigenvalue weighted by atomic mass is 16.6. The maximum atomic E-state index is 8.84. The zero-order chi connectivity index (χ0) is 16.1. The van der Waals surface area contributed by atoms with Crippen molar-refractivity contribution in [2.24, 2.45) is 0 Å². The number of nitrogen functional groups attached to an aromatic ring is 1. The third-order valence-electron chi connectivity index (χ3n) is 3.24. The molecule has 0 saturated carbocycles. The predicted octanol–water partition coefficient (Wildman–Crippen LogP) is 0.715. The van der Waals surface area contributed by atoms with E-state index in [1.807, 2.05) is 24.3 Å². The summed E-state index contributed by atoms with van der Waals surface area (Å²) in [4.78, 5) is 8.17. The van der Waals surface area contributed by atoms with E-state index in [-0.39, 0.29) is 18.7 Å². The summed E-state index contributed by atoms with van der Waals surface area (Å²) in [6, 6.07) is 9.29. The van der Waals surface area contributed by atoms with Gasteiger partial charge in [-0.05, 0) is 12.1 Å². The average molecular weight is 317 g/mol. The monoisotopic (exact) mass is 317 g/mol. The summed E-state index contributed by atoms with van der Waals surface area (Å²) in [6.07, 6.45) is -0.130. The molecule has 1 aromatic carbocycles. The number of hydrogen-bond donors (Lipinski definition) is 4. The fourth-order valence-electron chi connectivity index (χ4n) is 2.21. The molecular formula is C15H19N5O3. The van der Waals surface area contributed by atoms with Gasteiger partial charge in [-0.15, -0.1) is 0 Å². The third-order valence-corrected chi connectivity index (χ3v) is 3.24. The SMILES string of the molecule is Nc1nc(NCCO)cc(NCC2COc3ccccc3O2)n1. The zero-order valence-electron chi connectivity index (χ0n) is 12.5. The minimum Gasteiger partial charge on any atom is -0.486 e. The number of hydrogen-bond acceptors (Lipinski definition) is 8. The van der Waals surface area contributed by atoms with E-state index in [1.165, 1.54) is 0 Å². The van der Waals surface area contributed by atoms with E-state index < -0.39 is 0 Å². The van der Waals surface area contributed by atoms with Crippen LogP contribution in [0.25, 0.3) is 0 Å². The second-order valence-electron chi connectivity index (χ2n) is 5.03. The number of nitrogens with two attached hydrogens (primary N) is 1. The van der Waals surface area contributed by atoms with Gasteiger partial charge in [0.15, 0.2) is 11.5 Å². The number of aliphatic hydroxyl groups excluding tert-OH is 1. The van der Waals surface area contributed by atoms with E-state index in [1.54, 1.807) is 6.07 Å². The molecular weight excluding hydrogens is 298 g/mol. The Morgan fingerprint density at radius 2 is 1.91 bits per heavy atom. The van der Waals surface area contributed by atoms with Crippen LogP contribution in [0.4, 0.5) is 17.6 Å². The molecule has 0 saturated heterocycles. The highest BCUT2D eigenvalue weighted by Gasteiger charge is 2.20. The fraction of sp³-hybridized carbons (Fsp3) is 0.333. The number of aromatic nitrogens is 2. The fourth-order valence-corrected chi connectivity index (χ4v) is 2.21. The number of nitrogens with one attached hydrogen (secondary N) is 2. The van der Waals surface area contributed by atoms with Crippen molar-refractivity contribution in [3.8, 4) is 11.5 Å². The molecule has 0 aliphatic carbocycles. The van der Waals surface area contributed by atoms with E-state index >= 15 is 0 Å². The molecule has 0 fully saturated rings. The molecule has 5 N–H and O–H groups in total. The maximum Gasteiger partial charge on any atom is 0.223 e. The Hall–Kier alpha value is -2.74. The first kappa shape index (κ1) is 15.2. The van der Waals surface area contributed by atoms with Crippen LogP contribution in [0.1, 0.15) is 0 Å². The summed E-state index contributed by atoms with van der Waals surface area (Å²) in [5.41, 5.74) is 5.68. The number of aliphatic hydroxyl groups is 1. The van der Waals surface area contributed by atoms with Gasteiger partial charge in [0.2, 0.25) is 5.95 Å². The van der Waals surface area contributed by atoms with Crippen molar-refractivity contribution in [2.75, 3.05) is 42.7 Å². The van der Waals surface area contributed by atoms with E-state index in [4.69, 9.17) is 20.3 Å². The Morgan fingerprint density at radius 3 is 2.70 bits per heavy atom. The van der Waals surface area contributed by atoms with Crippen LogP contribution >= 0.6 is 0 Å². The molecule has 1 aliphatic rings. The molecule has 1 aromatic heterocycles. The normalized spacial score (nSPS) is 16.0. The van der Waals surface area contributed by atoms with Crippen LogP contribution in [0, 0.1) is 0 Å². The largest absolute Gasteiger partial charge is 0.486 e. The molecule has 2 heterocycles. The molecule has 1 atom stereocenters.